The Labute approximate surface area is 176 Å². The Bertz CT molecular complexity index is 978. The third-order valence-electron chi connectivity index (χ3n) is 5.31. The zero-order valence-electron chi connectivity index (χ0n) is 17.3. The second kappa shape index (κ2) is 8.59. The Morgan fingerprint density at radius 1 is 1.07 bits per heavy atom. The number of rotatable bonds is 4. The molecule has 2 N–H and O–H groups in total. The molecule has 30 heavy (non-hydrogen) atoms. The van der Waals surface area contributed by atoms with Crippen LogP contribution in [0.3, 0.4) is 0 Å². The van der Waals surface area contributed by atoms with Gasteiger partial charge >= 0.3 is 0 Å². The minimum Gasteiger partial charge on any atom is -0.378 e. The highest BCUT2D eigenvalue weighted by Gasteiger charge is 2.25. The molecule has 7 nitrogen and oxygen atoms in total. The molecule has 2 aliphatic rings. The number of anilines is 3. The van der Waals surface area contributed by atoms with E-state index in [1.165, 1.54) is 5.01 Å². The van der Waals surface area contributed by atoms with Crippen LogP contribution in [0.1, 0.15) is 17.5 Å². The van der Waals surface area contributed by atoms with Crippen LogP contribution in [0.15, 0.2) is 54.2 Å². The standard InChI is InChI=1S/C23H26N4O3/c1-16-3-4-17(2)21(15-16)27-22(28)10-9-20(25-27)23(29)24-18-5-7-19(8-6-18)26-11-13-30-14-12-26/h3-9,15,25H,10-14H2,1-2H3,(H,24,29). The van der Waals surface area contributed by atoms with E-state index in [4.69, 9.17) is 4.74 Å². The first-order valence-corrected chi connectivity index (χ1v) is 10.1. The maximum atomic E-state index is 12.8. The molecule has 2 aromatic rings. The zero-order chi connectivity index (χ0) is 21.1. The Hall–Kier alpha value is -3.32. The van der Waals surface area contributed by atoms with Gasteiger partial charge in [0.2, 0.25) is 5.91 Å². The number of amides is 2. The lowest BCUT2D eigenvalue weighted by Crippen LogP contribution is -2.48. The van der Waals surface area contributed by atoms with Crippen molar-refractivity contribution in [3.63, 3.8) is 0 Å². The maximum absolute atomic E-state index is 12.8. The summed E-state index contributed by atoms with van der Waals surface area (Å²) >= 11 is 0. The molecule has 156 valence electrons. The summed E-state index contributed by atoms with van der Waals surface area (Å²) in [7, 11) is 0. The molecule has 0 radical (unpaired) electrons. The highest BCUT2D eigenvalue weighted by atomic mass is 16.5. The van der Waals surface area contributed by atoms with Crippen molar-refractivity contribution in [2.45, 2.75) is 20.3 Å². The molecule has 4 rings (SSSR count). The first-order chi connectivity index (χ1) is 14.5. The zero-order valence-corrected chi connectivity index (χ0v) is 17.3. The molecule has 0 unspecified atom stereocenters. The SMILES string of the molecule is Cc1ccc(C)c(N2NC(C(=O)Nc3ccc(N4CCOCC4)cc3)=CCC2=O)c1. The van der Waals surface area contributed by atoms with E-state index in [0.29, 0.717) is 11.4 Å². The van der Waals surface area contributed by atoms with Crippen LogP contribution in [0.4, 0.5) is 17.1 Å². The molecule has 0 saturated carbocycles. The Balaban J connectivity index is 1.44. The first-order valence-electron chi connectivity index (χ1n) is 10.1. The van der Waals surface area contributed by atoms with Gasteiger partial charge in [0, 0.05) is 30.9 Å². The molecule has 0 aromatic heterocycles. The van der Waals surface area contributed by atoms with Crippen molar-refractivity contribution in [3.05, 3.63) is 65.4 Å². The van der Waals surface area contributed by atoms with Gasteiger partial charge in [-0.15, -0.1) is 0 Å². The van der Waals surface area contributed by atoms with Crippen LogP contribution < -0.4 is 20.7 Å². The van der Waals surface area contributed by atoms with Gasteiger partial charge in [-0.05, 0) is 61.4 Å². The molecule has 0 atom stereocenters. The topological polar surface area (TPSA) is 73.9 Å². The smallest absolute Gasteiger partial charge is 0.273 e. The third-order valence-corrected chi connectivity index (χ3v) is 5.31. The molecule has 1 saturated heterocycles. The quantitative estimate of drug-likeness (QED) is 0.817. The fraction of sp³-hybridized carbons (Fsp3) is 0.304. The average molecular weight is 406 g/mol. The third kappa shape index (κ3) is 4.31. The van der Waals surface area contributed by atoms with E-state index in [1.807, 2.05) is 56.3 Å². The molecule has 2 heterocycles. The largest absolute Gasteiger partial charge is 0.378 e. The van der Waals surface area contributed by atoms with Crippen LogP contribution in [0.25, 0.3) is 0 Å². The lowest BCUT2D eigenvalue weighted by Gasteiger charge is -2.30. The molecule has 2 aliphatic heterocycles. The monoisotopic (exact) mass is 406 g/mol. The van der Waals surface area contributed by atoms with Crippen molar-refractivity contribution in [1.82, 2.24) is 5.43 Å². The van der Waals surface area contributed by atoms with Crippen molar-refractivity contribution >= 4 is 28.9 Å². The number of ether oxygens (including phenoxy) is 1. The molecule has 0 bridgehead atoms. The van der Waals surface area contributed by atoms with E-state index < -0.39 is 0 Å². The number of benzene rings is 2. The number of hydrogen-bond donors (Lipinski definition) is 2. The highest BCUT2D eigenvalue weighted by Crippen LogP contribution is 2.24. The van der Waals surface area contributed by atoms with E-state index in [0.717, 1.165) is 48.8 Å². The average Bonchev–Trinajstić information content (AvgIpc) is 2.77. The second-order valence-corrected chi connectivity index (χ2v) is 7.55. The second-order valence-electron chi connectivity index (χ2n) is 7.55. The van der Waals surface area contributed by atoms with Gasteiger partial charge in [-0.2, -0.15) is 0 Å². The van der Waals surface area contributed by atoms with Crippen LogP contribution in [0.5, 0.6) is 0 Å². The minimum absolute atomic E-state index is 0.102. The summed E-state index contributed by atoms with van der Waals surface area (Å²) in [5.41, 5.74) is 7.91. The molecule has 2 aromatic carbocycles. The number of aryl methyl sites for hydroxylation is 2. The number of morpholine rings is 1. The Morgan fingerprint density at radius 2 is 1.80 bits per heavy atom. The summed E-state index contributed by atoms with van der Waals surface area (Å²) in [5, 5.41) is 4.36. The van der Waals surface area contributed by atoms with Crippen molar-refractivity contribution in [2.24, 2.45) is 0 Å². The van der Waals surface area contributed by atoms with Gasteiger partial charge < -0.3 is 15.0 Å². The number of carbonyl (C=O) groups is 2. The lowest BCUT2D eigenvalue weighted by atomic mass is 10.1. The van der Waals surface area contributed by atoms with Crippen molar-refractivity contribution in [3.8, 4) is 0 Å². The highest BCUT2D eigenvalue weighted by molar-refractivity contribution is 6.07. The predicted octanol–water partition coefficient (Wildman–Crippen LogP) is 2.90. The van der Waals surface area contributed by atoms with Gasteiger partial charge in [-0.25, -0.2) is 5.01 Å². The summed E-state index contributed by atoms with van der Waals surface area (Å²) in [6.45, 7) is 7.11. The first kappa shape index (κ1) is 20.0. The van der Waals surface area contributed by atoms with Crippen molar-refractivity contribution < 1.29 is 14.3 Å². The molecular formula is C23H26N4O3. The van der Waals surface area contributed by atoms with Crippen LogP contribution >= 0.6 is 0 Å². The van der Waals surface area contributed by atoms with E-state index >= 15 is 0 Å². The normalized spacial score (nSPS) is 16.7. The molecular weight excluding hydrogens is 380 g/mol. The van der Waals surface area contributed by atoms with Crippen LogP contribution in [-0.4, -0.2) is 38.1 Å². The summed E-state index contributed by atoms with van der Waals surface area (Å²) in [6.07, 6.45) is 1.79. The van der Waals surface area contributed by atoms with Crippen molar-refractivity contribution in [1.29, 1.82) is 0 Å². The van der Waals surface area contributed by atoms with Gasteiger partial charge in [0.05, 0.1) is 18.9 Å². The van der Waals surface area contributed by atoms with Crippen LogP contribution in [0.2, 0.25) is 0 Å². The van der Waals surface area contributed by atoms with Gasteiger partial charge in [-0.3, -0.25) is 15.0 Å². The number of nitrogens with one attached hydrogen (secondary N) is 2. The van der Waals surface area contributed by atoms with Gasteiger partial charge in [0.1, 0.15) is 5.70 Å². The fourth-order valence-electron chi connectivity index (χ4n) is 3.58. The number of hydrazine groups is 1. The molecule has 0 aliphatic carbocycles. The van der Waals surface area contributed by atoms with Gasteiger partial charge in [0.25, 0.3) is 5.91 Å². The minimum atomic E-state index is -0.281. The molecule has 2 amide bonds. The molecule has 1 fully saturated rings. The number of hydrogen-bond acceptors (Lipinski definition) is 5. The van der Waals surface area contributed by atoms with E-state index in [-0.39, 0.29) is 18.2 Å². The maximum Gasteiger partial charge on any atom is 0.273 e. The summed E-state index contributed by atoms with van der Waals surface area (Å²) in [5.74, 6) is -0.382. The number of nitrogens with zero attached hydrogens (tertiary/aromatic N) is 2. The van der Waals surface area contributed by atoms with Crippen LogP contribution in [0, 0.1) is 13.8 Å². The lowest BCUT2D eigenvalue weighted by molar-refractivity contribution is -0.119. The Morgan fingerprint density at radius 3 is 2.53 bits per heavy atom. The van der Waals surface area contributed by atoms with Gasteiger partial charge in [0.15, 0.2) is 0 Å². The van der Waals surface area contributed by atoms with Crippen LogP contribution in [-0.2, 0) is 14.3 Å². The molecule has 0 spiro atoms. The summed E-state index contributed by atoms with van der Waals surface area (Å²) in [6, 6.07) is 13.7. The predicted molar refractivity (Wildman–Crippen MR) is 117 cm³/mol. The fourth-order valence-corrected chi connectivity index (χ4v) is 3.58. The van der Waals surface area contributed by atoms with Gasteiger partial charge in [-0.1, -0.05) is 12.1 Å². The summed E-state index contributed by atoms with van der Waals surface area (Å²) in [4.78, 5) is 27.5. The van der Waals surface area contributed by atoms with E-state index in [1.54, 1.807) is 6.08 Å². The number of carbonyl (C=O) groups excluding carboxylic acids is 2. The molecule has 7 heteroatoms. The van der Waals surface area contributed by atoms with E-state index in [9.17, 15) is 9.59 Å². The summed E-state index contributed by atoms with van der Waals surface area (Å²) < 4.78 is 5.39. The van der Waals surface area contributed by atoms with E-state index in [2.05, 4.69) is 15.6 Å². The Kier molecular flexibility index (Phi) is 5.72. The van der Waals surface area contributed by atoms with Crippen molar-refractivity contribution in [2.75, 3.05) is 41.5 Å².